The van der Waals surface area contributed by atoms with Crippen molar-refractivity contribution >= 4 is 33.6 Å². The first-order valence-electron chi connectivity index (χ1n) is 8.16. The van der Waals surface area contributed by atoms with Crippen LogP contribution < -0.4 is 10.1 Å². The molecular formula is C19H21ClN2O4S. The zero-order chi connectivity index (χ0) is 19.9. The third-order valence-electron chi connectivity index (χ3n) is 3.59. The number of hydrogen-bond donors (Lipinski definition) is 1. The molecule has 6 nitrogen and oxygen atoms in total. The number of ether oxygens (including phenoxy) is 1. The van der Waals surface area contributed by atoms with Crippen LogP contribution in [-0.2, 0) is 14.8 Å². The molecule has 0 aliphatic carbocycles. The fourth-order valence-electron chi connectivity index (χ4n) is 2.10. The first kappa shape index (κ1) is 21.0. The summed E-state index contributed by atoms with van der Waals surface area (Å²) in [5.41, 5.74) is 0.762. The smallest absolute Gasteiger partial charge is 0.244 e. The largest absolute Gasteiger partial charge is 0.492 e. The van der Waals surface area contributed by atoms with E-state index in [-0.39, 0.29) is 17.4 Å². The van der Waals surface area contributed by atoms with Crippen LogP contribution in [0.5, 0.6) is 5.75 Å². The second-order valence-electron chi connectivity index (χ2n) is 5.75. The number of hydrogen-bond acceptors (Lipinski definition) is 4. The Kier molecular flexibility index (Phi) is 7.41. The molecule has 144 valence electrons. The molecule has 0 unspecified atom stereocenters. The van der Waals surface area contributed by atoms with E-state index in [2.05, 4.69) is 5.32 Å². The lowest BCUT2D eigenvalue weighted by molar-refractivity contribution is -0.116. The molecule has 0 atom stereocenters. The van der Waals surface area contributed by atoms with E-state index >= 15 is 0 Å². The Hall–Kier alpha value is -2.35. The van der Waals surface area contributed by atoms with Crippen LogP contribution in [0.1, 0.15) is 5.56 Å². The Bertz CT molecular complexity index is 910. The van der Waals surface area contributed by atoms with Crippen molar-refractivity contribution in [2.45, 2.75) is 4.90 Å². The summed E-state index contributed by atoms with van der Waals surface area (Å²) in [5.74, 6) is 0.263. The molecule has 0 bridgehead atoms. The van der Waals surface area contributed by atoms with E-state index in [1.807, 2.05) is 18.2 Å². The minimum Gasteiger partial charge on any atom is -0.492 e. The molecule has 1 amide bonds. The molecule has 2 rings (SSSR count). The second-order valence-corrected chi connectivity index (χ2v) is 8.31. The molecule has 8 heteroatoms. The number of carbonyl (C=O) groups excluding carboxylic acids is 1. The predicted molar refractivity (Wildman–Crippen MR) is 106 cm³/mol. The molecule has 0 aliphatic heterocycles. The highest BCUT2D eigenvalue weighted by Crippen LogP contribution is 2.18. The molecule has 0 saturated carbocycles. The molecule has 0 fully saturated rings. The van der Waals surface area contributed by atoms with E-state index in [9.17, 15) is 13.2 Å². The molecular weight excluding hydrogens is 388 g/mol. The van der Waals surface area contributed by atoms with E-state index in [1.54, 1.807) is 24.3 Å². The first-order chi connectivity index (χ1) is 12.8. The van der Waals surface area contributed by atoms with Crippen LogP contribution in [0.2, 0.25) is 5.02 Å². The molecule has 27 heavy (non-hydrogen) atoms. The van der Waals surface area contributed by atoms with Gasteiger partial charge in [-0.3, -0.25) is 4.79 Å². The molecule has 2 aromatic carbocycles. The van der Waals surface area contributed by atoms with Gasteiger partial charge in [-0.1, -0.05) is 29.8 Å². The summed E-state index contributed by atoms with van der Waals surface area (Å²) < 4.78 is 30.6. The Balaban J connectivity index is 1.78. The van der Waals surface area contributed by atoms with Gasteiger partial charge in [-0.15, -0.1) is 0 Å². The monoisotopic (exact) mass is 408 g/mol. The van der Waals surface area contributed by atoms with E-state index in [4.69, 9.17) is 16.3 Å². The van der Waals surface area contributed by atoms with Crippen LogP contribution in [0.25, 0.3) is 6.08 Å². The average Bonchev–Trinajstić information content (AvgIpc) is 2.65. The van der Waals surface area contributed by atoms with Crippen LogP contribution in [0.15, 0.2) is 59.5 Å². The van der Waals surface area contributed by atoms with Crippen molar-refractivity contribution in [1.29, 1.82) is 0 Å². The minimum atomic E-state index is -3.46. The summed E-state index contributed by atoms with van der Waals surface area (Å²) in [6.45, 7) is 0.564. The first-order valence-corrected chi connectivity index (χ1v) is 9.98. The van der Waals surface area contributed by atoms with Crippen LogP contribution in [-0.4, -0.2) is 45.9 Å². The number of benzene rings is 2. The van der Waals surface area contributed by atoms with Crippen LogP contribution in [0.4, 0.5) is 0 Å². The molecule has 0 radical (unpaired) electrons. The summed E-state index contributed by atoms with van der Waals surface area (Å²) in [6, 6.07) is 13.3. The van der Waals surface area contributed by atoms with E-state index < -0.39 is 10.0 Å². The van der Waals surface area contributed by atoms with Crippen molar-refractivity contribution in [3.8, 4) is 5.75 Å². The van der Waals surface area contributed by atoms with E-state index in [0.29, 0.717) is 17.3 Å². The maximum absolute atomic E-state index is 12.0. The van der Waals surface area contributed by atoms with E-state index in [0.717, 1.165) is 9.87 Å². The van der Waals surface area contributed by atoms with Gasteiger partial charge in [0.05, 0.1) is 11.4 Å². The van der Waals surface area contributed by atoms with Gasteiger partial charge in [0.1, 0.15) is 12.4 Å². The lowest BCUT2D eigenvalue weighted by Gasteiger charge is -2.12. The predicted octanol–water partition coefficient (Wildman–Crippen LogP) is 2.80. The van der Waals surface area contributed by atoms with Gasteiger partial charge in [-0.25, -0.2) is 12.7 Å². The molecule has 0 heterocycles. The number of amides is 1. The maximum Gasteiger partial charge on any atom is 0.244 e. The van der Waals surface area contributed by atoms with Crippen LogP contribution in [0.3, 0.4) is 0 Å². The zero-order valence-electron chi connectivity index (χ0n) is 15.1. The third kappa shape index (κ3) is 6.09. The highest BCUT2D eigenvalue weighted by atomic mass is 35.5. The van der Waals surface area contributed by atoms with Gasteiger partial charge in [0.2, 0.25) is 15.9 Å². The van der Waals surface area contributed by atoms with Crippen molar-refractivity contribution in [3.05, 3.63) is 65.2 Å². The Morgan fingerprint density at radius 1 is 1.15 bits per heavy atom. The highest BCUT2D eigenvalue weighted by Gasteiger charge is 2.16. The Labute approximate surface area is 164 Å². The number of sulfonamides is 1. The number of carbonyl (C=O) groups is 1. The average molecular weight is 409 g/mol. The Morgan fingerprint density at radius 3 is 2.44 bits per heavy atom. The van der Waals surface area contributed by atoms with Crippen molar-refractivity contribution in [2.24, 2.45) is 0 Å². The number of nitrogens with zero attached hydrogens (tertiary/aromatic N) is 1. The fraction of sp³-hybridized carbons (Fsp3) is 0.211. The van der Waals surface area contributed by atoms with Gasteiger partial charge >= 0.3 is 0 Å². The highest BCUT2D eigenvalue weighted by molar-refractivity contribution is 7.89. The molecule has 0 spiro atoms. The molecule has 2 aromatic rings. The van der Waals surface area contributed by atoms with Crippen LogP contribution in [0, 0.1) is 0 Å². The van der Waals surface area contributed by atoms with Gasteiger partial charge in [0, 0.05) is 25.2 Å². The van der Waals surface area contributed by atoms with Crippen molar-refractivity contribution in [3.63, 3.8) is 0 Å². The molecule has 1 N–H and O–H groups in total. The number of rotatable bonds is 8. The topological polar surface area (TPSA) is 75.7 Å². The minimum absolute atomic E-state index is 0.192. The lowest BCUT2D eigenvalue weighted by Crippen LogP contribution is -2.26. The number of nitrogens with one attached hydrogen (secondary N) is 1. The van der Waals surface area contributed by atoms with Crippen molar-refractivity contribution < 1.29 is 17.9 Å². The van der Waals surface area contributed by atoms with Crippen molar-refractivity contribution in [2.75, 3.05) is 27.2 Å². The summed E-state index contributed by atoms with van der Waals surface area (Å²) in [5, 5.41) is 3.27. The summed E-state index contributed by atoms with van der Waals surface area (Å²) in [6.07, 6.45) is 3.05. The molecule has 0 aliphatic rings. The molecule has 0 aromatic heterocycles. The summed E-state index contributed by atoms with van der Waals surface area (Å²) >= 11 is 6.02. The standard InChI is InChI=1S/C19H21ClN2O4S/c1-22(2)27(24,25)17-10-8-16(9-11-17)26-14-13-21-19(23)12-7-15-5-3-4-6-18(15)20/h3-12H,13-14H2,1-2H3,(H,21,23)/b12-7+. The van der Waals surface area contributed by atoms with Gasteiger partial charge in [0.15, 0.2) is 0 Å². The SMILES string of the molecule is CN(C)S(=O)(=O)c1ccc(OCCNC(=O)/C=C/c2ccccc2Cl)cc1. The molecule has 0 saturated heterocycles. The normalized spacial score (nSPS) is 11.7. The van der Waals surface area contributed by atoms with Gasteiger partial charge in [0.25, 0.3) is 0 Å². The van der Waals surface area contributed by atoms with Crippen LogP contribution >= 0.6 is 11.6 Å². The maximum atomic E-state index is 12.0. The fourth-order valence-corrected chi connectivity index (χ4v) is 3.20. The lowest BCUT2D eigenvalue weighted by atomic mass is 10.2. The second kappa shape index (κ2) is 9.55. The third-order valence-corrected chi connectivity index (χ3v) is 5.77. The number of halogens is 1. The summed E-state index contributed by atoms with van der Waals surface area (Å²) in [4.78, 5) is 12.0. The van der Waals surface area contributed by atoms with E-state index in [1.165, 1.54) is 32.3 Å². The van der Waals surface area contributed by atoms with Gasteiger partial charge in [-0.05, 0) is 42.0 Å². The Morgan fingerprint density at radius 2 is 1.81 bits per heavy atom. The zero-order valence-corrected chi connectivity index (χ0v) is 16.6. The van der Waals surface area contributed by atoms with Gasteiger partial charge in [-0.2, -0.15) is 0 Å². The van der Waals surface area contributed by atoms with Gasteiger partial charge < -0.3 is 10.1 Å². The quantitative estimate of drug-likeness (QED) is 0.538. The van der Waals surface area contributed by atoms with Crippen molar-refractivity contribution in [1.82, 2.24) is 9.62 Å². The summed E-state index contributed by atoms with van der Waals surface area (Å²) in [7, 11) is -0.509.